The molecule has 0 aliphatic carbocycles. The van der Waals surface area contributed by atoms with Crippen LogP contribution in [0.25, 0.3) is 22.3 Å². The van der Waals surface area contributed by atoms with Gasteiger partial charge in [-0.1, -0.05) is 23.7 Å². The summed E-state index contributed by atoms with van der Waals surface area (Å²) in [5.41, 5.74) is 0.314. The van der Waals surface area contributed by atoms with Crippen molar-refractivity contribution in [1.29, 1.82) is 0 Å². The molecule has 0 saturated carbocycles. The molecular formula is C30H34ClN3O6. The van der Waals surface area contributed by atoms with E-state index in [9.17, 15) is 19.8 Å². The number of benzene rings is 2. The lowest BCUT2D eigenvalue weighted by Gasteiger charge is -2.41. The van der Waals surface area contributed by atoms with Gasteiger partial charge in [0, 0.05) is 47.8 Å². The van der Waals surface area contributed by atoms with Gasteiger partial charge in [-0.05, 0) is 70.9 Å². The van der Waals surface area contributed by atoms with E-state index in [1.165, 1.54) is 12.1 Å². The van der Waals surface area contributed by atoms with Gasteiger partial charge in [0.25, 0.3) is 0 Å². The lowest BCUT2D eigenvalue weighted by molar-refractivity contribution is 0.0617. The van der Waals surface area contributed by atoms with Gasteiger partial charge < -0.3 is 34.5 Å². The first-order valence-electron chi connectivity index (χ1n) is 13.9. The number of β-amino-alcohol motifs (C(OH)–C–C–N with tert-alkyl or cyclic N) is 1. The molecular weight excluding hydrogens is 534 g/mol. The van der Waals surface area contributed by atoms with Crippen molar-refractivity contribution >= 4 is 28.7 Å². The number of phenolic OH excluding ortho intramolecular Hbond substituents is 1. The predicted molar refractivity (Wildman–Crippen MR) is 152 cm³/mol. The monoisotopic (exact) mass is 567 g/mol. The van der Waals surface area contributed by atoms with Gasteiger partial charge in [-0.3, -0.25) is 4.79 Å². The molecule has 3 aliphatic rings. The van der Waals surface area contributed by atoms with E-state index in [0.29, 0.717) is 42.2 Å². The first-order valence-corrected chi connectivity index (χ1v) is 14.3. The van der Waals surface area contributed by atoms with Crippen LogP contribution in [-0.2, 0) is 0 Å². The average Bonchev–Trinajstić information content (AvgIpc) is 3.32. The Hall–Kier alpha value is -3.11. The van der Waals surface area contributed by atoms with Crippen LogP contribution >= 0.6 is 11.6 Å². The number of likely N-dealkylation sites (N-methyl/N-ethyl adjacent to an activating group) is 1. The van der Waals surface area contributed by atoms with Crippen LogP contribution in [0.4, 0.5) is 4.79 Å². The summed E-state index contributed by atoms with van der Waals surface area (Å²) in [6.45, 7) is 3.36. The topological polar surface area (TPSA) is 115 Å². The fourth-order valence-electron chi connectivity index (χ4n) is 6.75. The molecule has 10 heteroatoms. The molecule has 0 unspecified atom stereocenters. The molecule has 0 radical (unpaired) electrons. The second-order valence-electron chi connectivity index (χ2n) is 11.3. The van der Waals surface area contributed by atoms with Crippen LogP contribution in [0.1, 0.15) is 43.6 Å². The highest BCUT2D eigenvalue weighted by atomic mass is 35.5. The number of halogens is 1. The Kier molecular flexibility index (Phi) is 7.25. The summed E-state index contributed by atoms with van der Waals surface area (Å²) in [7, 11) is 1.93. The van der Waals surface area contributed by atoms with Crippen molar-refractivity contribution in [2.45, 2.75) is 49.7 Å². The van der Waals surface area contributed by atoms with E-state index in [-0.39, 0.29) is 33.8 Å². The quantitative estimate of drug-likeness (QED) is 0.429. The Balaban J connectivity index is 1.50. The van der Waals surface area contributed by atoms with Crippen molar-refractivity contribution in [2.24, 2.45) is 0 Å². The summed E-state index contributed by atoms with van der Waals surface area (Å²) in [6.07, 6.45) is 2.76. The van der Waals surface area contributed by atoms with Crippen LogP contribution in [0, 0.1) is 0 Å². The number of carbonyl (C=O) groups is 1. The summed E-state index contributed by atoms with van der Waals surface area (Å²) in [4.78, 5) is 30.9. The molecule has 6 rings (SSSR count). The number of ether oxygens (including phenoxy) is 1. The summed E-state index contributed by atoms with van der Waals surface area (Å²) in [5.74, 6) is -0.513. The van der Waals surface area contributed by atoms with Crippen LogP contribution in [-0.4, -0.2) is 77.5 Å². The minimum atomic E-state index is -0.805. The number of aliphatic hydroxyl groups is 1. The third kappa shape index (κ3) is 4.75. The molecule has 0 bridgehead atoms. The molecule has 3 aliphatic heterocycles. The molecule has 1 aromatic heterocycles. The molecule has 40 heavy (non-hydrogen) atoms. The number of phenols is 1. The Morgan fingerprint density at radius 2 is 1.95 bits per heavy atom. The summed E-state index contributed by atoms with van der Waals surface area (Å²) < 4.78 is 12.4. The fourth-order valence-corrected chi connectivity index (χ4v) is 6.98. The van der Waals surface area contributed by atoms with Crippen LogP contribution in [0.5, 0.6) is 11.5 Å². The lowest BCUT2D eigenvalue weighted by atomic mass is 9.85. The third-order valence-corrected chi connectivity index (χ3v) is 9.15. The molecule has 3 fully saturated rings. The molecule has 4 heterocycles. The van der Waals surface area contributed by atoms with Gasteiger partial charge in [-0.15, -0.1) is 0 Å². The zero-order valence-corrected chi connectivity index (χ0v) is 23.2. The average molecular weight is 568 g/mol. The molecule has 2 atom stereocenters. The number of rotatable bonds is 3. The maximum atomic E-state index is 13.7. The Morgan fingerprint density at radius 1 is 1.18 bits per heavy atom. The first-order chi connectivity index (χ1) is 19.3. The Bertz CT molecular complexity index is 1500. The van der Waals surface area contributed by atoms with Gasteiger partial charge in [0.2, 0.25) is 0 Å². The number of likely N-dealkylation sites (tertiary alicyclic amines) is 2. The van der Waals surface area contributed by atoms with Crippen molar-refractivity contribution in [2.75, 3.05) is 39.8 Å². The van der Waals surface area contributed by atoms with Crippen molar-refractivity contribution < 1.29 is 24.2 Å². The van der Waals surface area contributed by atoms with Gasteiger partial charge in [-0.2, -0.15) is 0 Å². The second-order valence-corrected chi connectivity index (χ2v) is 11.7. The standard InChI is InChI=1S/C30H34ClN3O6/c1-33-14-7-19(23(37)17-33)26-25(40-29(38)34-13-4-8-30(34)9-11-32-12-10-30)16-22(36)27-21(35)15-24(39-28(26)27)18-5-2-3-6-20(18)31/h2-3,5-6,15-16,19,23,32,36-37H,4,7-14,17H2,1H3/t19-,23+/m0/s1. The van der Waals surface area contributed by atoms with Gasteiger partial charge in [0.05, 0.1) is 11.1 Å². The Labute approximate surface area is 237 Å². The van der Waals surface area contributed by atoms with E-state index in [1.807, 2.05) is 16.8 Å². The van der Waals surface area contributed by atoms with Gasteiger partial charge in [-0.25, -0.2) is 4.79 Å². The van der Waals surface area contributed by atoms with E-state index in [4.69, 9.17) is 20.8 Å². The molecule has 1 amide bonds. The number of aliphatic hydroxyl groups excluding tert-OH is 1. The number of nitrogens with zero attached hydrogens (tertiary/aromatic N) is 2. The number of hydrogen-bond donors (Lipinski definition) is 3. The van der Waals surface area contributed by atoms with Crippen LogP contribution in [0.15, 0.2) is 45.6 Å². The van der Waals surface area contributed by atoms with Gasteiger partial charge in [0.1, 0.15) is 28.2 Å². The second kappa shape index (κ2) is 10.7. The number of hydrogen-bond acceptors (Lipinski definition) is 8. The van der Waals surface area contributed by atoms with Crippen molar-refractivity contribution in [3.8, 4) is 22.8 Å². The summed E-state index contributed by atoms with van der Waals surface area (Å²) in [6, 6.07) is 9.63. The van der Waals surface area contributed by atoms with Crippen LogP contribution < -0.4 is 15.5 Å². The molecule has 3 N–H and O–H groups in total. The van der Waals surface area contributed by atoms with Crippen molar-refractivity contribution in [3.05, 3.63) is 57.2 Å². The number of piperidine rings is 2. The predicted octanol–water partition coefficient (Wildman–Crippen LogP) is 4.32. The van der Waals surface area contributed by atoms with Crippen LogP contribution in [0.3, 0.4) is 0 Å². The summed E-state index contributed by atoms with van der Waals surface area (Å²) in [5, 5.41) is 26.0. The number of aromatic hydroxyl groups is 1. The molecule has 1 spiro atoms. The van der Waals surface area contributed by atoms with Crippen molar-refractivity contribution in [3.63, 3.8) is 0 Å². The number of carbonyl (C=O) groups excluding carboxylic acids is 1. The largest absolute Gasteiger partial charge is 0.507 e. The third-order valence-electron chi connectivity index (χ3n) is 8.83. The highest BCUT2D eigenvalue weighted by Gasteiger charge is 2.45. The highest BCUT2D eigenvalue weighted by molar-refractivity contribution is 6.33. The van der Waals surface area contributed by atoms with E-state index in [1.54, 1.807) is 24.3 Å². The Morgan fingerprint density at radius 3 is 2.70 bits per heavy atom. The smallest absolute Gasteiger partial charge is 0.415 e. The van der Waals surface area contributed by atoms with Crippen LogP contribution in [0.2, 0.25) is 5.02 Å². The first kappa shape index (κ1) is 27.1. The molecule has 212 valence electrons. The van der Waals surface area contributed by atoms with E-state index < -0.39 is 23.5 Å². The zero-order valence-electron chi connectivity index (χ0n) is 22.5. The maximum absolute atomic E-state index is 13.7. The maximum Gasteiger partial charge on any atom is 0.415 e. The SMILES string of the molecule is CN1CC[C@H](c2c(OC(=O)N3CCCC34CCNCC4)cc(O)c3c(=O)cc(-c4ccccc4Cl)oc23)[C@H](O)C1. The number of nitrogens with one attached hydrogen (secondary N) is 1. The van der Waals surface area contributed by atoms with Crippen molar-refractivity contribution in [1.82, 2.24) is 15.1 Å². The van der Waals surface area contributed by atoms with E-state index in [2.05, 4.69) is 5.32 Å². The van der Waals surface area contributed by atoms with E-state index >= 15 is 0 Å². The number of amides is 1. The van der Waals surface area contributed by atoms with Gasteiger partial charge >= 0.3 is 6.09 Å². The minimum absolute atomic E-state index is 0.0206. The minimum Gasteiger partial charge on any atom is -0.507 e. The van der Waals surface area contributed by atoms with E-state index in [0.717, 1.165) is 38.8 Å². The molecule has 9 nitrogen and oxygen atoms in total. The summed E-state index contributed by atoms with van der Waals surface area (Å²) >= 11 is 6.43. The highest BCUT2D eigenvalue weighted by Crippen LogP contribution is 2.45. The van der Waals surface area contributed by atoms with Gasteiger partial charge in [0.15, 0.2) is 5.43 Å². The molecule has 3 saturated heterocycles. The number of fused-ring (bicyclic) bond motifs is 1. The normalized spacial score (nSPS) is 23.1. The molecule has 3 aromatic rings. The molecule has 2 aromatic carbocycles. The lowest BCUT2D eigenvalue weighted by Crippen LogP contribution is -2.54. The zero-order chi connectivity index (χ0) is 28.0. The fraction of sp³-hybridized carbons (Fsp3) is 0.467.